The molecule has 0 atom stereocenters. The van der Waals surface area contributed by atoms with E-state index in [0.717, 1.165) is 6.42 Å². The second kappa shape index (κ2) is 8.21. The molecule has 95 valence electrons. The zero-order valence-electron chi connectivity index (χ0n) is 10.3. The molecule has 2 aromatic rings. The Labute approximate surface area is 136 Å². The maximum Gasteiger partial charge on any atom is 0.0167 e. The van der Waals surface area contributed by atoms with Crippen molar-refractivity contribution in [1.29, 1.82) is 0 Å². The molecular weight excluding hydrogens is 400 g/mol. The van der Waals surface area contributed by atoms with Crippen molar-refractivity contribution in [3.05, 3.63) is 83.3 Å². The van der Waals surface area contributed by atoms with E-state index in [1.54, 1.807) is 0 Å². The van der Waals surface area contributed by atoms with Gasteiger partial charge in [-0.25, -0.2) is 0 Å². The van der Waals surface area contributed by atoms with Crippen molar-refractivity contribution in [3.8, 4) is 0 Å². The van der Waals surface area contributed by atoms with Crippen molar-refractivity contribution in [2.24, 2.45) is 0 Å². The molecule has 0 nitrogen and oxygen atoms in total. The summed E-state index contributed by atoms with van der Waals surface area (Å²) in [6, 6.07) is 19.1. The van der Waals surface area contributed by atoms with Crippen LogP contribution in [0, 0.1) is 6.42 Å². The summed E-state index contributed by atoms with van der Waals surface area (Å²) < 4.78 is 0. The second-order valence-corrected chi connectivity index (χ2v) is 12.1. The van der Waals surface area contributed by atoms with Crippen LogP contribution >= 0.6 is 26.3 Å². The zero-order valence-corrected chi connectivity index (χ0v) is 15.0. The van der Waals surface area contributed by atoms with Crippen molar-refractivity contribution in [3.63, 3.8) is 0 Å². The molecule has 0 saturated carbocycles. The minimum atomic E-state index is 0.125. The van der Waals surface area contributed by atoms with Crippen molar-refractivity contribution in [2.75, 3.05) is 0 Å². The summed E-state index contributed by atoms with van der Waals surface area (Å²) in [5.74, 6) is 0. The van der Waals surface area contributed by atoms with Gasteiger partial charge in [0.05, 0.1) is 0 Å². The number of fused-ring (bicyclic) bond motifs is 1. The predicted octanol–water partition coefficient (Wildman–Crippen LogP) is 5.57. The van der Waals surface area contributed by atoms with Crippen LogP contribution in [0.25, 0.3) is 6.08 Å². The van der Waals surface area contributed by atoms with E-state index in [4.69, 9.17) is 0 Å². The van der Waals surface area contributed by atoms with E-state index in [1.807, 2.05) is 0 Å². The summed E-state index contributed by atoms with van der Waals surface area (Å²) in [5.41, 5.74) is 5.45. The van der Waals surface area contributed by atoms with Gasteiger partial charge in [-0.1, -0.05) is 66.2 Å². The second-order valence-electron chi connectivity index (χ2n) is 4.23. The average molecular weight is 413 g/mol. The number of rotatable bonds is 2. The van der Waals surface area contributed by atoms with E-state index in [1.165, 1.54) is 22.3 Å². The molecule has 0 amide bonds. The van der Waals surface area contributed by atoms with Crippen LogP contribution in [0.15, 0.2) is 60.2 Å². The van der Waals surface area contributed by atoms with Gasteiger partial charge in [0.2, 0.25) is 0 Å². The molecule has 0 aromatic heterocycles. The summed E-state index contributed by atoms with van der Waals surface area (Å²) in [7, 11) is 0. The number of allylic oxidation sites excluding steroid dienone is 1. The van der Waals surface area contributed by atoms with Gasteiger partial charge in [0.25, 0.3) is 0 Å². The summed E-state index contributed by atoms with van der Waals surface area (Å²) >= 11 is 6.50. The van der Waals surface area contributed by atoms with Crippen LogP contribution in [0.3, 0.4) is 0 Å². The maximum atomic E-state index is 3.19. The molecule has 3 rings (SSSR count). The molecule has 0 aliphatic heterocycles. The third kappa shape index (κ3) is 4.71. The largest absolute Gasteiger partial charge is 0.0622 e. The first-order chi connectivity index (χ1) is 9.33. The Bertz CT molecular complexity index is 550. The minimum Gasteiger partial charge on any atom is -0.0622 e. The van der Waals surface area contributed by atoms with Crippen LogP contribution in [0.4, 0.5) is 0 Å². The van der Waals surface area contributed by atoms with Crippen LogP contribution in [-0.4, -0.2) is 0 Å². The quantitative estimate of drug-likeness (QED) is 0.566. The standard InChI is InChI=1S/C16H13.2BrH.Ti/c1-2-6-13(7-3-1)10-14-11-15-8-4-5-9-16(15)12-14;;;/h1-9,11-12H,10H2;2*1H;/q;;;+2/p-2. The number of benzene rings is 2. The molecule has 1 radical (unpaired) electrons. The minimum absolute atomic E-state index is 0.125. The molecule has 3 heteroatoms. The predicted molar refractivity (Wildman–Crippen MR) is 85.8 cm³/mol. The van der Waals surface area contributed by atoms with Gasteiger partial charge < -0.3 is 0 Å². The molecule has 0 fully saturated rings. The van der Waals surface area contributed by atoms with E-state index < -0.39 is 0 Å². The Morgan fingerprint density at radius 3 is 2.00 bits per heavy atom. The zero-order chi connectivity index (χ0) is 13.5. The van der Waals surface area contributed by atoms with Crippen LogP contribution < -0.4 is 0 Å². The van der Waals surface area contributed by atoms with Gasteiger partial charge in [-0.2, -0.15) is 0 Å². The first-order valence-corrected chi connectivity index (χ1v) is 13.7. The number of hydrogen-bond acceptors (Lipinski definition) is 0. The molecule has 0 heterocycles. The first kappa shape index (κ1) is 15.2. The van der Waals surface area contributed by atoms with Gasteiger partial charge in [-0.3, -0.25) is 0 Å². The van der Waals surface area contributed by atoms with Gasteiger partial charge in [-0.05, 0) is 23.1 Å². The molecule has 0 N–H and O–H groups in total. The van der Waals surface area contributed by atoms with E-state index in [-0.39, 0.29) is 15.0 Å². The molecule has 0 unspecified atom stereocenters. The third-order valence-electron chi connectivity index (χ3n) is 2.93. The fourth-order valence-corrected chi connectivity index (χ4v) is 2.15. The Balaban J connectivity index is 0.000000408. The topological polar surface area (TPSA) is 0 Å². The molecule has 1 aliphatic rings. The molecule has 0 saturated heterocycles. The summed E-state index contributed by atoms with van der Waals surface area (Å²) in [6.07, 6.45) is 5.58. The van der Waals surface area contributed by atoms with Crippen LogP contribution in [0.5, 0.6) is 0 Å². The SMILES string of the molecule is [Br][Ti][Br].[CH]1C(Cc2ccccc2)=Cc2ccccc21. The molecule has 0 spiro atoms. The van der Waals surface area contributed by atoms with Crippen LogP contribution in [0.2, 0.25) is 0 Å². The normalized spacial score (nSPS) is 12.0. The first-order valence-electron chi connectivity index (χ1n) is 5.98. The van der Waals surface area contributed by atoms with E-state index in [9.17, 15) is 0 Å². The van der Waals surface area contributed by atoms with Gasteiger partial charge in [-0.15, -0.1) is 0 Å². The maximum absolute atomic E-state index is 3.19. The fraction of sp³-hybridized carbons (Fsp3) is 0.0625. The average Bonchev–Trinajstić information content (AvgIpc) is 2.83. The molecule has 2 aromatic carbocycles. The van der Waals surface area contributed by atoms with E-state index in [0.29, 0.717) is 0 Å². The van der Waals surface area contributed by atoms with Crippen molar-refractivity contribution in [2.45, 2.75) is 6.42 Å². The third-order valence-corrected chi connectivity index (χ3v) is 2.93. The Morgan fingerprint density at radius 2 is 1.37 bits per heavy atom. The summed E-state index contributed by atoms with van der Waals surface area (Å²) in [5, 5.41) is 0. The molecular formula is C16H13Br2Ti. The van der Waals surface area contributed by atoms with Crippen molar-refractivity contribution < 1.29 is 15.0 Å². The number of hydrogen-bond donors (Lipinski definition) is 0. The fourth-order valence-electron chi connectivity index (χ4n) is 2.15. The van der Waals surface area contributed by atoms with Crippen molar-refractivity contribution in [1.82, 2.24) is 0 Å². The molecule has 1 aliphatic carbocycles. The Kier molecular flexibility index (Phi) is 6.59. The van der Waals surface area contributed by atoms with Crippen LogP contribution in [0.1, 0.15) is 16.7 Å². The Hall–Kier alpha value is -0.146. The Morgan fingerprint density at radius 1 is 0.789 bits per heavy atom. The van der Waals surface area contributed by atoms with Gasteiger partial charge >= 0.3 is 41.3 Å². The van der Waals surface area contributed by atoms with Gasteiger partial charge in [0, 0.05) is 6.42 Å². The number of halogens is 2. The van der Waals surface area contributed by atoms with Crippen LogP contribution in [-0.2, 0) is 21.4 Å². The van der Waals surface area contributed by atoms with E-state index in [2.05, 4.69) is 93.4 Å². The molecule has 0 bridgehead atoms. The summed E-state index contributed by atoms with van der Waals surface area (Å²) in [6.45, 7) is 0. The molecule has 19 heavy (non-hydrogen) atoms. The van der Waals surface area contributed by atoms with Crippen molar-refractivity contribution >= 4 is 32.4 Å². The monoisotopic (exact) mass is 411 g/mol. The van der Waals surface area contributed by atoms with Gasteiger partial charge in [0.1, 0.15) is 0 Å². The van der Waals surface area contributed by atoms with Gasteiger partial charge in [0.15, 0.2) is 0 Å². The van der Waals surface area contributed by atoms with E-state index >= 15 is 0 Å². The smallest absolute Gasteiger partial charge is 0.0167 e. The summed E-state index contributed by atoms with van der Waals surface area (Å²) in [4.78, 5) is 0.